The Balaban J connectivity index is 1.88. The summed E-state index contributed by atoms with van der Waals surface area (Å²) in [6.07, 6.45) is -3.12. The number of anilines is 1. The number of aromatic nitrogens is 2. The fourth-order valence-electron chi connectivity index (χ4n) is 2.32. The van der Waals surface area contributed by atoms with Gasteiger partial charge in [0.25, 0.3) is 11.8 Å². The summed E-state index contributed by atoms with van der Waals surface area (Å²) in [5.41, 5.74) is -0.218. The fraction of sp³-hybridized carbons (Fsp3) is 0.111. The van der Waals surface area contributed by atoms with Gasteiger partial charge in [-0.25, -0.2) is 0 Å². The van der Waals surface area contributed by atoms with Crippen LogP contribution in [0, 0.1) is 0 Å². The SMILES string of the molecule is Cn1cc(C(=O)Nc2ccccc2)c(Oc2ccc(Br)c(C(F)(F)F)c2)n1. The molecular formula is C18H13BrF3N3O2. The number of ether oxygens (including phenoxy) is 1. The minimum Gasteiger partial charge on any atom is -0.437 e. The van der Waals surface area contributed by atoms with E-state index in [1.165, 1.54) is 23.0 Å². The van der Waals surface area contributed by atoms with E-state index in [4.69, 9.17) is 4.74 Å². The highest BCUT2D eigenvalue weighted by Gasteiger charge is 2.33. The molecule has 0 saturated carbocycles. The first-order valence-electron chi connectivity index (χ1n) is 7.68. The van der Waals surface area contributed by atoms with Crippen LogP contribution in [0.5, 0.6) is 11.6 Å². The topological polar surface area (TPSA) is 56.2 Å². The number of aryl methyl sites for hydroxylation is 1. The number of amides is 1. The predicted octanol–water partition coefficient (Wildman–Crippen LogP) is 5.25. The summed E-state index contributed by atoms with van der Waals surface area (Å²) in [6.45, 7) is 0. The van der Waals surface area contributed by atoms with Crippen molar-refractivity contribution in [2.75, 3.05) is 5.32 Å². The lowest BCUT2D eigenvalue weighted by Crippen LogP contribution is -2.12. The van der Waals surface area contributed by atoms with Crippen LogP contribution in [0.1, 0.15) is 15.9 Å². The van der Waals surface area contributed by atoms with Crippen LogP contribution in [0.15, 0.2) is 59.2 Å². The zero-order chi connectivity index (χ0) is 19.6. The Hall–Kier alpha value is -2.81. The molecule has 1 amide bonds. The molecule has 1 N–H and O–H groups in total. The molecule has 0 spiro atoms. The number of nitrogens with one attached hydrogen (secondary N) is 1. The zero-order valence-corrected chi connectivity index (χ0v) is 15.5. The zero-order valence-electron chi connectivity index (χ0n) is 13.9. The summed E-state index contributed by atoms with van der Waals surface area (Å²) in [5.74, 6) is -0.670. The maximum Gasteiger partial charge on any atom is 0.417 e. The number of benzene rings is 2. The smallest absolute Gasteiger partial charge is 0.417 e. The van der Waals surface area contributed by atoms with Gasteiger partial charge in [-0.05, 0) is 30.3 Å². The quantitative estimate of drug-likeness (QED) is 0.604. The van der Waals surface area contributed by atoms with Gasteiger partial charge in [-0.1, -0.05) is 34.1 Å². The van der Waals surface area contributed by atoms with E-state index in [0.29, 0.717) is 5.69 Å². The average Bonchev–Trinajstić information content (AvgIpc) is 2.97. The molecule has 0 fully saturated rings. The molecule has 0 aliphatic carbocycles. The first kappa shape index (κ1) is 19.0. The van der Waals surface area contributed by atoms with E-state index in [0.717, 1.165) is 6.07 Å². The Labute approximate surface area is 160 Å². The van der Waals surface area contributed by atoms with Crippen LogP contribution in [0.25, 0.3) is 0 Å². The summed E-state index contributed by atoms with van der Waals surface area (Å²) in [7, 11) is 1.58. The van der Waals surface area contributed by atoms with Gasteiger partial charge in [0, 0.05) is 23.4 Å². The number of para-hydroxylation sites is 1. The second kappa shape index (κ2) is 7.43. The lowest BCUT2D eigenvalue weighted by Gasteiger charge is -2.11. The van der Waals surface area contributed by atoms with Crippen molar-refractivity contribution in [3.63, 3.8) is 0 Å². The molecule has 9 heteroatoms. The second-order valence-corrected chi connectivity index (χ2v) is 6.44. The van der Waals surface area contributed by atoms with Gasteiger partial charge >= 0.3 is 6.18 Å². The minimum absolute atomic E-state index is 0.0852. The van der Waals surface area contributed by atoms with E-state index >= 15 is 0 Å². The summed E-state index contributed by atoms with van der Waals surface area (Å²) >= 11 is 2.87. The molecule has 0 aliphatic rings. The standard InChI is InChI=1S/C18H13BrF3N3O2/c1-25-10-13(16(26)23-11-5-3-2-4-6-11)17(24-25)27-12-7-8-15(19)14(9-12)18(20,21)22/h2-10H,1H3,(H,23,26). The number of halogens is 4. The van der Waals surface area contributed by atoms with Crippen molar-refractivity contribution >= 4 is 27.5 Å². The number of nitrogens with zero attached hydrogens (tertiary/aromatic N) is 2. The first-order valence-corrected chi connectivity index (χ1v) is 8.48. The molecular weight excluding hydrogens is 427 g/mol. The molecule has 2 aromatic carbocycles. The Kier molecular flexibility index (Phi) is 5.22. The van der Waals surface area contributed by atoms with Gasteiger partial charge in [-0.15, -0.1) is 5.10 Å². The molecule has 1 aromatic heterocycles. The number of carbonyl (C=O) groups excluding carboxylic acids is 1. The van der Waals surface area contributed by atoms with Gasteiger partial charge in [0.15, 0.2) is 0 Å². The van der Waals surface area contributed by atoms with Gasteiger partial charge < -0.3 is 10.1 Å². The van der Waals surface area contributed by atoms with Crippen LogP contribution in [0.3, 0.4) is 0 Å². The normalized spacial score (nSPS) is 11.3. The molecule has 0 radical (unpaired) electrons. The van der Waals surface area contributed by atoms with Gasteiger partial charge in [-0.3, -0.25) is 9.48 Å². The maximum absolute atomic E-state index is 13.1. The third kappa shape index (κ3) is 4.48. The van der Waals surface area contributed by atoms with E-state index in [-0.39, 0.29) is 21.7 Å². The van der Waals surface area contributed by atoms with Crippen molar-refractivity contribution in [2.24, 2.45) is 7.05 Å². The number of rotatable bonds is 4. The molecule has 3 aromatic rings. The van der Waals surface area contributed by atoms with Crippen LogP contribution in [0.2, 0.25) is 0 Å². The van der Waals surface area contributed by atoms with E-state index in [2.05, 4.69) is 26.3 Å². The minimum atomic E-state index is -4.55. The lowest BCUT2D eigenvalue weighted by molar-refractivity contribution is -0.138. The highest BCUT2D eigenvalue weighted by Crippen LogP contribution is 2.38. The Morgan fingerprint density at radius 2 is 1.89 bits per heavy atom. The lowest BCUT2D eigenvalue weighted by atomic mass is 10.2. The number of alkyl halides is 3. The summed E-state index contributed by atoms with van der Waals surface area (Å²) in [6, 6.07) is 12.2. The third-order valence-electron chi connectivity index (χ3n) is 3.53. The third-order valence-corrected chi connectivity index (χ3v) is 4.22. The van der Waals surface area contributed by atoms with Gasteiger partial charge in [0.1, 0.15) is 11.3 Å². The van der Waals surface area contributed by atoms with Crippen LogP contribution in [-0.2, 0) is 13.2 Å². The maximum atomic E-state index is 13.1. The van der Waals surface area contributed by atoms with E-state index in [9.17, 15) is 18.0 Å². The van der Waals surface area contributed by atoms with E-state index < -0.39 is 17.6 Å². The molecule has 0 atom stereocenters. The second-order valence-electron chi connectivity index (χ2n) is 5.58. The first-order chi connectivity index (χ1) is 12.7. The summed E-state index contributed by atoms with van der Waals surface area (Å²) in [4.78, 5) is 12.5. The molecule has 0 bridgehead atoms. The Bertz CT molecular complexity index is 972. The van der Waals surface area contributed by atoms with Gasteiger partial charge in [0.05, 0.1) is 5.56 Å². The van der Waals surface area contributed by atoms with Crippen LogP contribution < -0.4 is 10.1 Å². The van der Waals surface area contributed by atoms with E-state index in [1.807, 2.05) is 0 Å². The number of carbonyl (C=O) groups is 1. The molecule has 3 rings (SSSR count). The Morgan fingerprint density at radius 1 is 1.19 bits per heavy atom. The predicted molar refractivity (Wildman–Crippen MR) is 96.8 cm³/mol. The van der Waals surface area contributed by atoms with Crippen molar-refractivity contribution in [1.82, 2.24) is 9.78 Å². The monoisotopic (exact) mass is 439 g/mol. The van der Waals surface area contributed by atoms with Gasteiger partial charge in [-0.2, -0.15) is 13.2 Å². The largest absolute Gasteiger partial charge is 0.437 e. The van der Waals surface area contributed by atoms with E-state index in [1.54, 1.807) is 37.4 Å². The van der Waals surface area contributed by atoms with Crippen LogP contribution in [0.4, 0.5) is 18.9 Å². The molecule has 5 nitrogen and oxygen atoms in total. The molecule has 1 heterocycles. The van der Waals surface area contributed by atoms with Crippen molar-refractivity contribution < 1.29 is 22.7 Å². The number of hydrogen-bond acceptors (Lipinski definition) is 3. The van der Waals surface area contributed by atoms with Crippen molar-refractivity contribution in [1.29, 1.82) is 0 Å². The van der Waals surface area contributed by atoms with Crippen LogP contribution in [-0.4, -0.2) is 15.7 Å². The van der Waals surface area contributed by atoms with Crippen LogP contribution >= 0.6 is 15.9 Å². The van der Waals surface area contributed by atoms with Crippen molar-refractivity contribution in [3.8, 4) is 11.6 Å². The molecule has 0 aliphatic heterocycles. The highest BCUT2D eigenvalue weighted by molar-refractivity contribution is 9.10. The molecule has 140 valence electrons. The summed E-state index contributed by atoms with van der Waals surface area (Å²) < 4.78 is 45.9. The molecule has 0 saturated heterocycles. The summed E-state index contributed by atoms with van der Waals surface area (Å²) in [5, 5.41) is 6.71. The average molecular weight is 440 g/mol. The van der Waals surface area contributed by atoms with Crippen molar-refractivity contribution in [2.45, 2.75) is 6.18 Å². The molecule has 27 heavy (non-hydrogen) atoms. The molecule has 0 unspecified atom stereocenters. The number of hydrogen-bond donors (Lipinski definition) is 1. The van der Waals surface area contributed by atoms with Gasteiger partial charge in [0.2, 0.25) is 0 Å². The van der Waals surface area contributed by atoms with Crippen molar-refractivity contribution in [3.05, 3.63) is 70.3 Å². The fourth-order valence-corrected chi connectivity index (χ4v) is 2.79. The Morgan fingerprint density at radius 3 is 2.56 bits per heavy atom. The highest BCUT2D eigenvalue weighted by atomic mass is 79.9.